The number of aryl methyl sites for hydroxylation is 1. The van der Waals surface area contributed by atoms with Crippen molar-refractivity contribution in [3.05, 3.63) is 35.0 Å². The molecule has 1 fully saturated rings. The van der Waals surface area contributed by atoms with E-state index in [0.717, 1.165) is 11.3 Å². The molecule has 2 heterocycles. The Hall–Kier alpha value is -1.93. The van der Waals surface area contributed by atoms with Gasteiger partial charge in [-0.2, -0.15) is 10.1 Å². The molecule has 1 N–H and O–H groups in total. The number of hydrogen-bond donors (Lipinski definition) is 1. The number of anilines is 3. The Morgan fingerprint density at radius 3 is 2.83 bits per heavy atom. The number of rotatable bonds is 4. The molecular formula is C15H18ClN5O2S. The number of nitrogens with zero attached hydrogens (tertiary/aromatic N) is 4. The van der Waals surface area contributed by atoms with Crippen LogP contribution in [0.3, 0.4) is 0 Å². The standard InChI is InChI=1S/C15H18ClN5O2S/c1-10-7-11(16)3-4-13(10)18-15-19-14(8-17-20-15)21(2)12-5-6-24(22,23)9-12/h3-4,7-8,12H,5-6,9H2,1-2H3,(H,18,19,20). The van der Waals surface area contributed by atoms with Crippen LogP contribution >= 0.6 is 11.6 Å². The van der Waals surface area contributed by atoms with Crippen LogP contribution in [0, 0.1) is 6.92 Å². The maximum atomic E-state index is 11.7. The van der Waals surface area contributed by atoms with Gasteiger partial charge in [0.15, 0.2) is 15.7 Å². The summed E-state index contributed by atoms with van der Waals surface area (Å²) in [7, 11) is -1.12. The van der Waals surface area contributed by atoms with Crippen molar-refractivity contribution in [2.24, 2.45) is 0 Å². The van der Waals surface area contributed by atoms with Crippen molar-refractivity contribution in [2.45, 2.75) is 19.4 Å². The minimum absolute atomic E-state index is 0.0863. The fraction of sp³-hybridized carbons (Fsp3) is 0.400. The SMILES string of the molecule is Cc1cc(Cl)ccc1Nc1nncc(N(C)C2CCS(=O)(=O)C2)n1. The van der Waals surface area contributed by atoms with Gasteiger partial charge in [-0.15, -0.1) is 5.10 Å². The Kier molecular flexibility index (Phi) is 4.60. The molecule has 0 aliphatic carbocycles. The van der Waals surface area contributed by atoms with Crippen LogP contribution in [-0.2, 0) is 9.84 Å². The molecule has 9 heteroatoms. The van der Waals surface area contributed by atoms with E-state index >= 15 is 0 Å². The predicted octanol–water partition coefficient (Wildman–Crippen LogP) is 2.20. The van der Waals surface area contributed by atoms with Gasteiger partial charge in [0.25, 0.3) is 0 Å². The van der Waals surface area contributed by atoms with E-state index in [0.29, 0.717) is 23.2 Å². The third-order valence-corrected chi connectivity index (χ3v) is 6.08. The zero-order valence-electron chi connectivity index (χ0n) is 13.4. The highest BCUT2D eigenvalue weighted by molar-refractivity contribution is 7.91. The van der Waals surface area contributed by atoms with Crippen LogP contribution in [0.5, 0.6) is 0 Å². The molecule has 1 aliphatic heterocycles. The van der Waals surface area contributed by atoms with E-state index in [2.05, 4.69) is 20.5 Å². The second-order valence-electron chi connectivity index (χ2n) is 5.89. The number of hydrogen-bond acceptors (Lipinski definition) is 7. The van der Waals surface area contributed by atoms with E-state index in [9.17, 15) is 8.42 Å². The molecule has 2 aromatic rings. The summed E-state index contributed by atoms with van der Waals surface area (Å²) < 4.78 is 23.3. The fourth-order valence-corrected chi connectivity index (χ4v) is 4.67. The lowest BCUT2D eigenvalue weighted by molar-refractivity contribution is 0.600. The van der Waals surface area contributed by atoms with Crippen molar-refractivity contribution in [1.29, 1.82) is 0 Å². The van der Waals surface area contributed by atoms with Crippen molar-refractivity contribution in [3.63, 3.8) is 0 Å². The zero-order chi connectivity index (χ0) is 17.3. The maximum absolute atomic E-state index is 11.7. The van der Waals surface area contributed by atoms with E-state index in [-0.39, 0.29) is 17.5 Å². The van der Waals surface area contributed by atoms with E-state index < -0.39 is 9.84 Å². The van der Waals surface area contributed by atoms with E-state index in [1.807, 2.05) is 31.0 Å². The number of sulfone groups is 1. The number of aromatic nitrogens is 3. The van der Waals surface area contributed by atoms with Crippen LogP contribution in [0.25, 0.3) is 0 Å². The van der Waals surface area contributed by atoms with Gasteiger partial charge >= 0.3 is 0 Å². The summed E-state index contributed by atoms with van der Waals surface area (Å²) in [6.45, 7) is 1.93. The largest absolute Gasteiger partial charge is 0.354 e. The molecular weight excluding hydrogens is 350 g/mol. The van der Waals surface area contributed by atoms with Crippen molar-refractivity contribution >= 4 is 38.9 Å². The Morgan fingerprint density at radius 2 is 2.17 bits per heavy atom. The van der Waals surface area contributed by atoms with Crippen LogP contribution < -0.4 is 10.2 Å². The minimum atomic E-state index is -2.95. The van der Waals surface area contributed by atoms with E-state index in [1.54, 1.807) is 6.07 Å². The van der Waals surface area contributed by atoms with Gasteiger partial charge in [-0.25, -0.2) is 8.42 Å². The monoisotopic (exact) mass is 367 g/mol. The molecule has 7 nitrogen and oxygen atoms in total. The molecule has 128 valence electrons. The van der Waals surface area contributed by atoms with Gasteiger partial charge < -0.3 is 10.2 Å². The summed E-state index contributed by atoms with van der Waals surface area (Å²) >= 11 is 5.96. The average Bonchev–Trinajstić information content (AvgIpc) is 2.90. The van der Waals surface area contributed by atoms with Gasteiger partial charge in [-0.05, 0) is 37.1 Å². The van der Waals surface area contributed by atoms with Gasteiger partial charge in [-0.3, -0.25) is 0 Å². The first kappa shape index (κ1) is 16.9. The summed E-state index contributed by atoms with van der Waals surface area (Å²) in [5.74, 6) is 1.30. The lowest BCUT2D eigenvalue weighted by Crippen LogP contribution is -2.33. The lowest BCUT2D eigenvalue weighted by Gasteiger charge is -2.24. The minimum Gasteiger partial charge on any atom is -0.354 e. The topological polar surface area (TPSA) is 88.1 Å². The number of nitrogens with one attached hydrogen (secondary N) is 1. The molecule has 1 unspecified atom stereocenters. The van der Waals surface area contributed by atoms with Crippen LogP contribution in [-0.4, -0.2) is 48.2 Å². The molecule has 1 saturated heterocycles. The Labute approximate surface area is 146 Å². The van der Waals surface area contributed by atoms with Gasteiger partial charge in [0.05, 0.1) is 17.7 Å². The lowest BCUT2D eigenvalue weighted by atomic mass is 10.2. The summed E-state index contributed by atoms with van der Waals surface area (Å²) in [6.07, 6.45) is 2.13. The van der Waals surface area contributed by atoms with E-state index in [1.165, 1.54) is 6.20 Å². The number of halogens is 1. The van der Waals surface area contributed by atoms with Gasteiger partial charge in [0.2, 0.25) is 5.95 Å². The highest BCUT2D eigenvalue weighted by atomic mass is 35.5. The second-order valence-corrected chi connectivity index (χ2v) is 8.56. The highest BCUT2D eigenvalue weighted by Gasteiger charge is 2.31. The zero-order valence-corrected chi connectivity index (χ0v) is 15.0. The van der Waals surface area contributed by atoms with Crippen LogP contribution in [0.4, 0.5) is 17.5 Å². The summed E-state index contributed by atoms with van der Waals surface area (Å²) in [5, 5.41) is 11.7. The van der Waals surface area contributed by atoms with Gasteiger partial charge in [-0.1, -0.05) is 11.6 Å². The molecule has 1 atom stereocenters. The molecule has 0 saturated carbocycles. The first-order chi connectivity index (χ1) is 11.3. The van der Waals surface area contributed by atoms with Crippen molar-refractivity contribution < 1.29 is 8.42 Å². The van der Waals surface area contributed by atoms with Crippen molar-refractivity contribution in [3.8, 4) is 0 Å². The first-order valence-corrected chi connectivity index (χ1v) is 9.70. The average molecular weight is 368 g/mol. The highest BCUT2D eigenvalue weighted by Crippen LogP contribution is 2.24. The molecule has 24 heavy (non-hydrogen) atoms. The Balaban J connectivity index is 1.79. The Morgan fingerprint density at radius 1 is 1.38 bits per heavy atom. The molecule has 1 aliphatic rings. The smallest absolute Gasteiger partial charge is 0.249 e. The summed E-state index contributed by atoms with van der Waals surface area (Å²) in [6, 6.07) is 5.39. The van der Waals surface area contributed by atoms with Crippen molar-refractivity contribution in [2.75, 3.05) is 28.8 Å². The molecule has 3 rings (SSSR count). The molecule has 0 radical (unpaired) electrons. The van der Waals surface area contributed by atoms with Gasteiger partial charge in [0, 0.05) is 23.8 Å². The van der Waals surface area contributed by atoms with Crippen LogP contribution in [0.1, 0.15) is 12.0 Å². The second kappa shape index (κ2) is 6.52. The predicted molar refractivity (Wildman–Crippen MR) is 94.8 cm³/mol. The normalized spacial score (nSPS) is 19.2. The van der Waals surface area contributed by atoms with Crippen molar-refractivity contribution in [1.82, 2.24) is 15.2 Å². The quantitative estimate of drug-likeness (QED) is 0.886. The molecule has 1 aromatic carbocycles. The first-order valence-electron chi connectivity index (χ1n) is 7.50. The molecule has 0 bridgehead atoms. The van der Waals surface area contributed by atoms with Crippen LogP contribution in [0.2, 0.25) is 5.02 Å². The van der Waals surface area contributed by atoms with Gasteiger partial charge in [0.1, 0.15) is 0 Å². The molecule has 0 spiro atoms. The van der Waals surface area contributed by atoms with E-state index in [4.69, 9.17) is 11.6 Å². The third-order valence-electron chi connectivity index (χ3n) is 4.10. The van der Waals surface area contributed by atoms with Crippen LogP contribution in [0.15, 0.2) is 24.4 Å². The maximum Gasteiger partial charge on any atom is 0.249 e. The molecule has 0 amide bonds. The summed E-state index contributed by atoms with van der Waals surface area (Å²) in [5.41, 5.74) is 1.80. The third kappa shape index (κ3) is 3.76. The number of benzene rings is 1. The molecule has 1 aromatic heterocycles. The fourth-order valence-electron chi connectivity index (χ4n) is 2.67. The Bertz CT molecular complexity index is 859. The summed E-state index contributed by atoms with van der Waals surface area (Å²) in [4.78, 5) is 6.28.